The summed E-state index contributed by atoms with van der Waals surface area (Å²) < 4.78 is 0. The fraction of sp³-hybridized carbons (Fsp3) is 0.750. The fourth-order valence-corrected chi connectivity index (χ4v) is 2.65. The summed E-state index contributed by atoms with van der Waals surface area (Å²) in [4.78, 5) is 59.4. The van der Waals surface area contributed by atoms with Crippen LogP contribution in [0.25, 0.3) is 0 Å². The molecule has 0 saturated carbocycles. The van der Waals surface area contributed by atoms with E-state index < -0.39 is 60.2 Å². The Kier molecular flexibility index (Phi) is 12.4. The SMILES string of the molecule is CCC(C)C(N)C(=O)NC(C(=O)NC(C)C(=O)NC(CCC(=O)O)C(=O)O)C(C)CC. The summed E-state index contributed by atoms with van der Waals surface area (Å²) in [6.07, 6.45) is 0.541. The molecule has 0 aliphatic rings. The maximum atomic E-state index is 12.7. The van der Waals surface area contributed by atoms with Crippen LogP contribution >= 0.6 is 0 Å². The van der Waals surface area contributed by atoms with Gasteiger partial charge in [-0.25, -0.2) is 4.79 Å². The van der Waals surface area contributed by atoms with Crippen LogP contribution in [0.2, 0.25) is 0 Å². The zero-order valence-electron chi connectivity index (χ0n) is 18.8. The summed E-state index contributed by atoms with van der Waals surface area (Å²) in [5.74, 6) is -4.74. The third kappa shape index (κ3) is 9.77. The molecule has 7 N–H and O–H groups in total. The van der Waals surface area contributed by atoms with Crippen molar-refractivity contribution in [2.45, 2.75) is 84.5 Å². The molecule has 0 aliphatic heterocycles. The fourth-order valence-electron chi connectivity index (χ4n) is 2.65. The highest BCUT2D eigenvalue weighted by Gasteiger charge is 2.31. The molecule has 0 saturated heterocycles. The number of hydrogen-bond donors (Lipinski definition) is 6. The first kappa shape index (κ1) is 28.3. The highest BCUT2D eigenvalue weighted by atomic mass is 16.4. The molecule has 6 atom stereocenters. The number of carbonyl (C=O) groups excluding carboxylic acids is 3. The van der Waals surface area contributed by atoms with Crippen LogP contribution in [0.5, 0.6) is 0 Å². The van der Waals surface area contributed by atoms with Crippen molar-refractivity contribution < 1.29 is 34.2 Å². The van der Waals surface area contributed by atoms with E-state index >= 15 is 0 Å². The number of hydrogen-bond acceptors (Lipinski definition) is 6. The van der Waals surface area contributed by atoms with Crippen LogP contribution in [0.4, 0.5) is 0 Å². The molecule has 11 nitrogen and oxygen atoms in total. The Balaban J connectivity index is 5.15. The third-order valence-corrected chi connectivity index (χ3v) is 5.37. The van der Waals surface area contributed by atoms with Gasteiger partial charge in [0.2, 0.25) is 17.7 Å². The molecule has 0 bridgehead atoms. The average molecular weight is 445 g/mol. The molecule has 0 rings (SSSR count). The van der Waals surface area contributed by atoms with Gasteiger partial charge in [-0.2, -0.15) is 0 Å². The number of aliphatic carboxylic acids is 2. The Morgan fingerprint density at radius 1 is 0.806 bits per heavy atom. The largest absolute Gasteiger partial charge is 0.481 e. The van der Waals surface area contributed by atoms with Crippen LogP contribution in [0.15, 0.2) is 0 Å². The Bertz CT molecular complexity index is 655. The van der Waals surface area contributed by atoms with Crippen molar-refractivity contribution >= 4 is 29.7 Å². The molecule has 6 unspecified atom stereocenters. The van der Waals surface area contributed by atoms with Gasteiger partial charge in [0.05, 0.1) is 6.04 Å². The minimum absolute atomic E-state index is 0.0795. The van der Waals surface area contributed by atoms with Gasteiger partial charge in [-0.15, -0.1) is 0 Å². The van der Waals surface area contributed by atoms with Gasteiger partial charge in [0.25, 0.3) is 0 Å². The monoisotopic (exact) mass is 444 g/mol. The van der Waals surface area contributed by atoms with Crippen molar-refractivity contribution in [2.75, 3.05) is 0 Å². The molecule has 0 aromatic heterocycles. The summed E-state index contributed by atoms with van der Waals surface area (Å²) in [7, 11) is 0. The quantitative estimate of drug-likeness (QED) is 0.213. The van der Waals surface area contributed by atoms with Crippen molar-refractivity contribution in [3.05, 3.63) is 0 Å². The lowest BCUT2D eigenvalue weighted by atomic mass is 9.95. The molecule has 0 radical (unpaired) electrons. The number of carboxylic acids is 2. The van der Waals surface area contributed by atoms with Gasteiger partial charge in [-0.3, -0.25) is 19.2 Å². The van der Waals surface area contributed by atoms with E-state index in [1.807, 2.05) is 20.8 Å². The van der Waals surface area contributed by atoms with Crippen molar-refractivity contribution in [2.24, 2.45) is 17.6 Å². The second-order valence-electron chi connectivity index (χ2n) is 7.85. The van der Waals surface area contributed by atoms with Crippen molar-refractivity contribution in [3.8, 4) is 0 Å². The molecule has 178 valence electrons. The Labute approximate surface area is 182 Å². The first-order valence-electron chi connectivity index (χ1n) is 10.5. The van der Waals surface area contributed by atoms with Crippen LogP contribution in [0.1, 0.15) is 60.3 Å². The highest BCUT2D eigenvalue weighted by molar-refractivity contribution is 5.94. The summed E-state index contributed by atoms with van der Waals surface area (Å²) in [5, 5.41) is 25.2. The number of amides is 3. The number of carbonyl (C=O) groups is 5. The van der Waals surface area contributed by atoms with Gasteiger partial charge in [-0.1, -0.05) is 40.5 Å². The maximum Gasteiger partial charge on any atom is 0.326 e. The van der Waals surface area contributed by atoms with Crippen molar-refractivity contribution in [1.29, 1.82) is 0 Å². The van der Waals surface area contributed by atoms with Crippen LogP contribution in [0.3, 0.4) is 0 Å². The van der Waals surface area contributed by atoms with E-state index in [0.29, 0.717) is 12.8 Å². The molecule has 0 aromatic rings. The molecule has 0 spiro atoms. The topological polar surface area (TPSA) is 188 Å². The number of nitrogens with two attached hydrogens (primary N) is 1. The second-order valence-corrected chi connectivity index (χ2v) is 7.85. The lowest BCUT2D eigenvalue weighted by Gasteiger charge is -2.28. The summed E-state index contributed by atoms with van der Waals surface area (Å²) in [6.45, 7) is 8.72. The smallest absolute Gasteiger partial charge is 0.326 e. The number of nitrogens with one attached hydrogen (secondary N) is 3. The molecule has 0 aromatic carbocycles. The lowest BCUT2D eigenvalue weighted by Crippen LogP contribution is -2.58. The minimum atomic E-state index is -1.40. The highest BCUT2D eigenvalue weighted by Crippen LogP contribution is 2.11. The summed E-state index contributed by atoms with van der Waals surface area (Å²) >= 11 is 0. The van der Waals surface area contributed by atoms with E-state index in [9.17, 15) is 24.0 Å². The summed E-state index contributed by atoms with van der Waals surface area (Å²) in [6, 6.07) is -4.21. The maximum absolute atomic E-state index is 12.7. The van der Waals surface area contributed by atoms with Gasteiger partial charge in [0, 0.05) is 6.42 Å². The second kappa shape index (κ2) is 13.6. The van der Waals surface area contributed by atoms with Gasteiger partial charge in [-0.05, 0) is 25.2 Å². The van der Waals surface area contributed by atoms with Crippen molar-refractivity contribution in [3.63, 3.8) is 0 Å². The first-order chi connectivity index (χ1) is 14.3. The van der Waals surface area contributed by atoms with Crippen LogP contribution < -0.4 is 21.7 Å². The Morgan fingerprint density at radius 2 is 1.35 bits per heavy atom. The van der Waals surface area contributed by atoms with E-state index in [4.69, 9.17) is 15.9 Å². The molecule has 0 aliphatic carbocycles. The van der Waals surface area contributed by atoms with E-state index in [0.717, 1.165) is 0 Å². The third-order valence-electron chi connectivity index (χ3n) is 5.37. The zero-order valence-corrected chi connectivity index (χ0v) is 18.8. The summed E-state index contributed by atoms with van der Waals surface area (Å²) in [5.41, 5.74) is 5.94. The predicted octanol–water partition coefficient (Wildman–Crippen LogP) is -0.170. The van der Waals surface area contributed by atoms with Crippen LogP contribution in [0, 0.1) is 11.8 Å². The average Bonchev–Trinajstić information content (AvgIpc) is 2.71. The normalized spacial score (nSPS) is 16.7. The minimum Gasteiger partial charge on any atom is -0.481 e. The molecular weight excluding hydrogens is 408 g/mol. The van der Waals surface area contributed by atoms with Gasteiger partial charge >= 0.3 is 11.9 Å². The molecule has 3 amide bonds. The van der Waals surface area contributed by atoms with E-state index in [1.54, 1.807) is 6.92 Å². The molecule has 0 heterocycles. The standard InChI is InChI=1S/C20H36N4O7/c1-6-10(3)15(21)18(28)24-16(11(4)7-2)19(29)22-12(5)17(27)23-13(20(30)31)8-9-14(25)26/h10-13,15-16H,6-9,21H2,1-5H3,(H,22,29)(H,23,27)(H,24,28)(H,25,26)(H,30,31). The van der Waals surface area contributed by atoms with Gasteiger partial charge in [0.1, 0.15) is 18.1 Å². The van der Waals surface area contributed by atoms with Gasteiger partial charge in [0.15, 0.2) is 0 Å². The first-order valence-corrected chi connectivity index (χ1v) is 10.5. The molecule has 31 heavy (non-hydrogen) atoms. The predicted molar refractivity (Wildman–Crippen MR) is 113 cm³/mol. The van der Waals surface area contributed by atoms with Gasteiger partial charge < -0.3 is 31.9 Å². The molecule has 0 fully saturated rings. The van der Waals surface area contributed by atoms with Crippen molar-refractivity contribution in [1.82, 2.24) is 16.0 Å². The zero-order chi connectivity index (χ0) is 24.3. The van der Waals surface area contributed by atoms with E-state index in [2.05, 4.69) is 16.0 Å². The van der Waals surface area contributed by atoms with Crippen LogP contribution in [-0.4, -0.2) is 64.0 Å². The van der Waals surface area contributed by atoms with Crippen LogP contribution in [-0.2, 0) is 24.0 Å². The van der Waals surface area contributed by atoms with E-state index in [1.165, 1.54) is 6.92 Å². The molecular formula is C20H36N4O7. The number of rotatable bonds is 14. The molecule has 11 heteroatoms. The van der Waals surface area contributed by atoms with E-state index in [-0.39, 0.29) is 18.3 Å². The Morgan fingerprint density at radius 3 is 1.81 bits per heavy atom. The Hall–Kier alpha value is -2.69. The number of carboxylic acid groups (broad SMARTS) is 2. The lowest BCUT2D eigenvalue weighted by molar-refractivity contribution is -0.143.